The number of thiazole rings is 1. The predicted molar refractivity (Wildman–Crippen MR) is 73.6 cm³/mol. The molecule has 1 aromatic rings. The standard InChI is InChI=1S/C12H19F3N4OS/c1-7(2)19-3-4-20-8(6-19)10(18-16)9-5-17-11(21-9)12(13,14)15/h5,7-8,10,18H,3-4,6,16H2,1-2H3. The summed E-state index contributed by atoms with van der Waals surface area (Å²) < 4.78 is 43.6. The van der Waals surface area contributed by atoms with Crippen LogP contribution in [0.1, 0.15) is 29.8 Å². The number of nitrogens with zero attached hydrogens (tertiary/aromatic N) is 2. The number of nitrogens with two attached hydrogens (primary N) is 1. The maximum absolute atomic E-state index is 12.6. The van der Waals surface area contributed by atoms with Gasteiger partial charge in [0, 0.05) is 30.2 Å². The summed E-state index contributed by atoms with van der Waals surface area (Å²) in [6, 6.07) is -0.151. The van der Waals surface area contributed by atoms with Gasteiger partial charge < -0.3 is 4.74 Å². The number of ether oxygens (including phenoxy) is 1. The molecular formula is C12H19F3N4OS. The Balaban J connectivity index is 2.14. The fraction of sp³-hybridized carbons (Fsp3) is 0.750. The molecule has 0 aliphatic carbocycles. The van der Waals surface area contributed by atoms with Crippen LogP contribution < -0.4 is 11.3 Å². The summed E-state index contributed by atoms with van der Waals surface area (Å²) in [4.78, 5) is 6.08. The van der Waals surface area contributed by atoms with Crippen molar-refractivity contribution in [3.05, 3.63) is 16.1 Å². The summed E-state index contributed by atoms with van der Waals surface area (Å²) >= 11 is 0.599. The topological polar surface area (TPSA) is 63.4 Å². The molecule has 2 heterocycles. The molecule has 1 aromatic heterocycles. The molecule has 1 fully saturated rings. The summed E-state index contributed by atoms with van der Waals surface area (Å²) in [6.45, 7) is 6.10. The molecule has 120 valence electrons. The van der Waals surface area contributed by atoms with Gasteiger partial charge in [-0.2, -0.15) is 13.2 Å². The molecule has 0 radical (unpaired) electrons. The number of hydrazine groups is 1. The van der Waals surface area contributed by atoms with Gasteiger partial charge in [-0.1, -0.05) is 0 Å². The number of aromatic nitrogens is 1. The largest absolute Gasteiger partial charge is 0.443 e. The van der Waals surface area contributed by atoms with Crippen LogP contribution in [-0.2, 0) is 10.9 Å². The monoisotopic (exact) mass is 324 g/mol. The number of morpholine rings is 1. The van der Waals surface area contributed by atoms with Crippen molar-refractivity contribution in [2.75, 3.05) is 19.7 Å². The molecule has 1 aliphatic heterocycles. The zero-order valence-electron chi connectivity index (χ0n) is 11.9. The molecule has 2 unspecified atom stereocenters. The van der Waals surface area contributed by atoms with Gasteiger partial charge in [0.2, 0.25) is 0 Å². The van der Waals surface area contributed by atoms with Crippen LogP contribution >= 0.6 is 11.3 Å². The van der Waals surface area contributed by atoms with Gasteiger partial charge in [0.15, 0.2) is 5.01 Å². The van der Waals surface area contributed by atoms with Crippen molar-refractivity contribution < 1.29 is 17.9 Å². The Labute approximate surface area is 125 Å². The molecule has 9 heteroatoms. The van der Waals surface area contributed by atoms with E-state index in [9.17, 15) is 13.2 Å². The zero-order valence-corrected chi connectivity index (χ0v) is 12.7. The van der Waals surface area contributed by atoms with Gasteiger partial charge >= 0.3 is 6.18 Å². The highest BCUT2D eigenvalue weighted by Crippen LogP contribution is 2.35. The maximum atomic E-state index is 12.6. The highest BCUT2D eigenvalue weighted by atomic mass is 32.1. The Kier molecular flexibility index (Phi) is 5.20. The first kappa shape index (κ1) is 16.6. The summed E-state index contributed by atoms with van der Waals surface area (Å²) in [5.74, 6) is 5.52. The Hall–Kier alpha value is -0.740. The molecule has 0 aromatic carbocycles. The number of alkyl halides is 3. The summed E-state index contributed by atoms with van der Waals surface area (Å²) in [7, 11) is 0. The van der Waals surface area contributed by atoms with E-state index in [0.29, 0.717) is 35.4 Å². The van der Waals surface area contributed by atoms with Crippen LogP contribution in [0.15, 0.2) is 6.20 Å². The summed E-state index contributed by atoms with van der Waals surface area (Å²) in [5.41, 5.74) is 2.56. The molecule has 1 aliphatic rings. The SMILES string of the molecule is CC(C)N1CCOC(C(NN)c2cnc(C(F)(F)F)s2)C1. The second kappa shape index (κ2) is 6.57. The average molecular weight is 324 g/mol. The van der Waals surface area contributed by atoms with Crippen LogP contribution in [0.2, 0.25) is 0 Å². The lowest BCUT2D eigenvalue weighted by Crippen LogP contribution is -2.51. The minimum Gasteiger partial charge on any atom is -0.373 e. The zero-order chi connectivity index (χ0) is 15.6. The minimum atomic E-state index is -4.43. The van der Waals surface area contributed by atoms with Crippen molar-refractivity contribution >= 4 is 11.3 Å². The van der Waals surface area contributed by atoms with E-state index in [1.54, 1.807) is 0 Å². The first-order chi connectivity index (χ1) is 9.82. The first-order valence-electron chi connectivity index (χ1n) is 6.67. The van der Waals surface area contributed by atoms with Crippen LogP contribution in [0.25, 0.3) is 0 Å². The van der Waals surface area contributed by atoms with Gasteiger partial charge in [0.1, 0.15) is 0 Å². The van der Waals surface area contributed by atoms with E-state index in [4.69, 9.17) is 10.6 Å². The van der Waals surface area contributed by atoms with E-state index in [0.717, 1.165) is 6.54 Å². The Morgan fingerprint density at radius 2 is 2.24 bits per heavy atom. The lowest BCUT2D eigenvalue weighted by Gasteiger charge is -2.38. The predicted octanol–water partition coefficient (Wildman–Crippen LogP) is 1.78. The van der Waals surface area contributed by atoms with Gasteiger partial charge in [-0.3, -0.25) is 10.7 Å². The van der Waals surface area contributed by atoms with Crippen LogP contribution in [0.4, 0.5) is 13.2 Å². The Bertz CT molecular complexity index is 466. The molecule has 0 saturated carbocycles. The smallest absolute Gasteiger partial charge is 0.373 e. The van der Waals surface area contributed by atoms with Gasteiger partial charge in [-0.15, -0.1) is 11.3 Å². The normalized spacial score (nSPS) is 22.7. The number of hydrogen-bond acceptors (Lipinski definition) is 6. The molecule has 0 bridgehead atoms. The molecule has 3 N–H and O–H groups in total. The summed E-state index contributed by atoms with van der Waals surface area (Å²) in [5, 5.41) is -0.866. The third-order valence-corrected chi connectivity index (χ3v) is 4.60. The third-order valence-electron chi connectivity index (χ3n) is 3.48. The van der Waals surface area contributed by atoms with Crippen LogP contribution in [0.3, 0.4) is 0 Å². The molecule has 1 saturated heterocycles. The third kappa shape index (κ3) is 3.92. The van der Waals surface area contributed by atoms with E-state index >= 15 is 0 Å². The fourth-order valence-electron chi connectivity index (χ4n) is 2.30. The van der Waals surface area contributed by atoms with Crippen molar-refractivity contribution in [1.29, 1.82) is 0 Å². The van der Waals surface area contributed by atoms with Gasteiger partial charge in [-0.25, -0.2) is 10.4 Å². The molecule has 0 spiro atoms. The van der Waals surface area contributed by atoms with Crippen LogP contribution in [0.5, 0.6) is 0 Å². The molecule has 0 amide bonds. The highest BCUT2D eigenvalue weighted by molar-refractivity contribution is 7.11. The lowest BCUT2D eigenvalue weighted by molar-refractivity contribution is -0.137. The van der Waals surface area contributed by atoms with Crippen molar-refractivity contribution in [3.8, 4) is 0 Å². The Morgan fingerprint density at radius 1 is 1.52 bits per heavy atom. The van der Waals surface area contributed by atoms with Gasteiger partial charge in [-0.05, 0) is 13.8 Å². The maximum Gasteiger partial charge on any atom is 0.443 e. The molecular weight excluding hydrogens is 305 g/mol. The van der Waals surface area contributed by atoms with E-state index in [1.807, 2.05) is 0 Å². The number of nitrogens with one attached hydrogen (secondary N) is 1. The second-order valence-electron chi connectivity index (χ2n) is 5.21. The van der Waals surface area contributed by atoms with E-state index in [-0.39, 0.29) is 6.10 Å². The lowest BCUT2D eigenvalue weighted by atomic mass is 10.1. The second-order valence-corrected chi connectivity index (χ2v) is 6.27. The molecule has 21 heavy (non-hydrogen) atoms. The van der Waals surface area contributed by atoms with Gasteiger partial charge in [0.25, 0.3) is 0 Å². The number of rotatable bonds is 4. The molecule has 2 atom stereocenters. The van der Waals surface area contributed by atoms with Crippen molar-refractivity contribution in [3.63, 3.8) is 0 Å². The molecule has 5 nitrogen and oxygen atoms in total. The van der Waals surface area contributed by atoms with E-state index < -0.39 is 17.2 Å². The number of halogens is 3. The van der Waals surface area contributed by atoms with E-state index in [1.165, 1.54) is 6.20 Å². The van der Waals surface area contributed by atoms with Gasteiger partial charge in [0.05, 0.1) is 18.8 Å². The van der Waals surface area contributed by atoms with Crippen molar-refractivity contribution in [2.45, 2.75) is 38.2 Å². The number of hydrogen-bond donors (Lipinski definition) is 2. The van der Waals surface area contributed by atoms with Crippen molar-refractivity contribution in [1.82, 2.24) is 15.3 Å². The van der Waals surface area contributed by atoms with Crippen LogP contribution in [0, 0.1) is 0 Å². The van der Waals surface area contributed by atoms with Crippen molar-refractivity contribution in [2.24, 2.45) is 5.84 Å². The highest BCUT2D eigenvalue weighted by Gasteiger charge is 2.37. The first-order valence-corrected chi connectivity index (χ1v) is 7.49. The quantitative estimate of drug-likeness (QED) is 0.653. The summed E-state index contributed by atoms with van der Waals surface area (Å²) in [6.07, 6.45) is -3.51. The average Bonchev–Trinajstić information content (AvgIpc) is 2.89. The molecule has 2 rings (SSSR count). The van der Waals surface area contributed by atoms with Crippen LogP contribution in [-0.4, -0.2) is 41.7 Å². The fourth-order valence-corrected chi connectivity index (χ4v) is 3.20. The Morgan fingerprint density at radius 3 is 2.76 bits per heavy atom. The minimum absolute atomic E-state index is 0.298. The van der Waals surface area contributed by atoms with E-state index in [2.05, 4.69) is 29.2 Å².